The molecule has 0 unspecified atom stereocenters. The van der Waals surface area contributed by atoms with Crippen molar-refractivity contribution in [2.45, 2.75) is 67.0 Å². The number of fused-ring (bicyclic) bond motifs is 4. The van der Waals surface area contributed by atoms with Gasteiger partial charge in [-0.1, -0.05) is 24.8 Å². The van der Waals surface area contributed by atoms with E-state index in [-0.39, 0.29) is 6.61 Å². The number of carbonyl (C=O) groups is 1. The molecule has 8 aromatic rings. The van der Waals surface area contributed by atoms with Gasteiger partial charge < -0.3 is 24.3 Å². The van der Waals surface area contributed by atoms with E-state index in [9.17, 15) is 4.79 Å². The first-order valence-corrected chi connectivity index (χ1v) is 20.4. The Labute approximate surface area is 358 Å². The number of nitrogens with two attached hydrogens (primary N) is 1. The van der Waals surface area contributed by atoms with Crippen LogP contribution >= 0.6 is 0 Å². The number of aromatic nitrogens is 9. The van der Waals surface area contributed by atoms with Crippen LogP contribution in [0.3, 0.4) is 0 Å². The molecule has 0 bridgehead atoms. The van der Waals surface area contributed by atoms with Crippen molar-refractivity contribution in [3.8, 4) is 22.9 Å². The number of allylic oxidation sites excluding steroid dienone is 2. The lowest BCUT2D eigenvalue weighted by atomic mass is 10.1. The highest BCUT2D eigenvalue weighted by atomic mass is 16.5. The largest absolute Gasteiger partial charge is 0.495 e. The van der Waals surface area contributed by atoms with Gasteiger partial charge in [0, 0.05) is 78.3 Å². The molecule has 0 radical (unpaired) electrons. The molecule has 0 fully saturated rings. The van der Waals surface area contributed by atoms with E-state index >= 15 is 0 Å². The topological polar surface area (TPSA) is 170 Å². The van der Waals surface area contributed by atoms with Crippen LogP contribution in [0, 0.1) is 13.8 Å². The highest BCUT2D eigenvalue weighted by Crippen LogP contribution is 2.40. The van der Waals surface area contributed by atoms with Crippen molar-refractivity contribution in [1.29, 1.82) is 0 Å². The van der Waals surface area contributed by atoms with Crippen LogP contribution in [0.15, 0.2) is 95.8 Å². The number of benzene rings is 2. The van der Waals surface area contributed by atoms with Crippen molar-refractivity contribution in [1.82, 2.24) is 43.6 Å². The number of aryl methyl sites for hydroxylation is 4. The second-order valence-electron chi connectivity index (χ2n) is 14.7. The first-order chi connectivity index (χ1) is 30.2. The minimum Gasteiger partial charge on any atom is -0.495 e. The molecule has 6 aromatic heterocycles. The first-order valence-electron chi connectivity index (χ1n) is 20.4. The summed E-state index contributed by atoms with van der Waals surface area (Å²) in [6, 6.07) is 15.5. The number of hydrogen-bond acceptors (Lipinski definition) is 10. The molecule has 15 heteroatoms. The summed E-state index contributed by atoms with van der Waals surface area (Å²) in [4.78, 5) is 35.6. The van der Waals surface area contributed by atoms with Gasteiger partial charge >= 0.3 is 0 Å². The highest BCUT2D eigenvalue weighted by Gasteiger charge is 2.22. The number of carbonyl (C=O) groups excluding carboxylic acids is 1. The highest BCUT2D eigenvalue weighted by molar-refractivity contribution is 6.11. The molecule has 0 atom stereocenters. The van der Waals surface area contributed by atoms with Crippen LogP contribution in [0.25, 0.3) is 50.2 Å². The van der Waals surface area contributed by atoms with Gasteiger partial charge in [0.2, 0.25) is 5.91 Å². The molecule has 0 aliphatic carbocycles. The molecule has 62 heavy (non-hydrogen) atoms. The summed E-state index contributed by atoms with van der Waals surface area (Å²) in [6.07, 6.45) is 13.1. The molecular weight excluding hydrogens is 781 g/mol. The average Bonchev–Trinajstić information content (AvgIpc) is 4.03. The summed E-state index contributed by atoms with van der Waals surface area (Å²) >= 11 is 0. The fourth-order valence-electron chi connectivity index (χ4n) is 8.03. The molecular formula is C47H48N12O3. The second kappa shape index (κ2) is 17.5. The molecule has 314 valence electrons. The Hall–Kier alpha value is -7.68. The molecule has 8 rings (SSSR count). The van der Waals surface area contributed by atoms with Gasteiger partial charge in [-0.2, -0.15) is 10.2 Å². The van der Waals surface area contributed by atoms with Gasteiger partial charge in [0.25, 0.3) is 0 Å². The van der Waals surface area contributed by atoms with E-state index in [1.807, 2.05) is 59.1 Å². The summed E-state index contributed by atoms with van der Waals surface area (Å²) < 4.78 is 20.5. The maximum absolute atomic E-state index is 12.5. The van der Waals surface area contributed by atoms with Gasteiger partial charge in [-0.15, -0.1) is 0 Å². The van der Waals surface area contributed by atoms with Gasteiger partial charge in [-0.05, 0) is 88.5 Å². The number of amides is 1. The number of methoxy groups -OCH3 is 1. The summed E-state index contributed by atoms with van der Waals surface area (Å²) in [7, 11) is 1.57. The number of aliphatic imine (C=N–C) groups is 2. The maximum Gasteiger partial charge on any atom is 0.248 e. The minimum absolute atomic E-state index is 0.178. The SMILES string of the molecule is C=Cc1cc(OCc2ncccn2)c2c(c1)c1cnc(-c3cc(C)nn3CC)cc1n2C/C=C/Cn1c(N=C)c(/C=N\Cc2cc(C)nn2CC)c2cc(C(N)=O)cc(OC)c21. The molecule has 0 saturated heterocycles. The first kappa shape index (κ1) is 41.1. The smallest absolute Gasteiger partial charge is 0.248 e. The lowest BCUT2D eigenvalue weighted by molar-refractivity contribution is 0.1000. The summed E-state index contributed by atoms with van der Waals surface area (Å²) in [5, 5.41) is 11.9. The predicted octanol–water partition coefficient (Wildman–Crippen LogP) is 8.19. The van der Waals surface area contributed by atoms with Crippen molar-refractivity contribution < 1.29 is 14.3 Å². The number of nitrogens with zero attached hydrogens (tertiary/aromatic N) is 11. The van der Waals surface area contributed by atoms with E-state index < -0.39 is 5.91 Å². The molecule has 15 nitrogen and oxygen atoms in total. The van der Waals surface area contributed by atoms with Crippen LogP contribution in [0.2, 0.25) is 0 Å². The average molecular weight is 829 g/mol. The number of rotatable bonds is 17. The third-order valence-corrected chi connectivity index (χ3v) is 10.8. The maximum atomic E-state index is 12.5. The number of primary amides is 1. The van der Waals surface area contributed by atoms with E-state index in [1.165, 1.54) is 0 Å². The molecule has 0 saturated carbocycles. The Morgan fingerprint density at radius 2 is 1.58 bits per heavy atom. The third kappa shape index (κ3) is 7.75. The van der Waals surface area contributed by atoms with E-state index in [0.717, 1.165) is 67.9 Å². The fourth-order valence-corrected chi connectivity index (χ4v) is 8.03. The van der Waals surface area contributed by atoms with Gasteiger partial charge in [0.1, 0.15) is 23.9 Å². The van der Waals surface area contributed by atoms with Crippen molar-refractivity contribution >= 4 is 63.4 Å². The third-order valence-electron chi connectivity index (χ3n) is 10.8. The molecule has 0 aliphatic heterocycles. The Bertz CT molecular complexity index is 3060. The van der Waals surface area contributed by atoms with Gasteiger partial charge in [-0.3, -0.25) is 24.1 Å². The van der Waals surface area contributed by atoms with Crippen molar-refractivity contribution in [3.63, 3.8) is 0 Å². The lowest BCUT2D eigenvalue weighted by Gasteiger charge is -2.12. The van der Waals surface area contributed by atoms with Crippen LogP contribution < -0.4 is 15.2 Å². The predicted molar refractivity (Wildman–Crippen MR) is 245 cm³/mol. The second-order valence-corrected chi connectivity index (χ2v) is 14.7. The summed E-state index contributed by atoms with van der Waals surface area (Å²) in [5.41, 5.74) is 14.9. The Kier molecular flexibility index (Phi) is 11.6. The zero-order chi connectivity index (χ0) is 43.5. The van der Waals surface area contributed by atoms with E-state index in [2.05, 4.69) is 80.3 Å². The molecule has 0 spiro atoms. The van der Waals surface area contributed by atoms with E-state index in [0.29, 0.717) is 65.8 Å². The van der Waals surface area contributed by atoms with Crippen LogP contribution in [0.1, 0.15) is 58.2 Å². The van der Waals surface area contributed by atoms with Crippen LogP contribution in [-0.4, -0.2) is 69.6 Å². The van der Waals surface area contributed by atoms with Gasteiger partial charge in [0.15, 0.2) is 5.82 Å². The minimum atomic E-state index is -0.574. The summed E-state index contributed by atoms with van der Waals surface area (Å²) in [6.45, 7) is 19.0. The van der Waals surface area contributed by atoms with Crippen LogP contribution in [0.4, 0.5) is 5.82 Å². The molecule has 2 N–H and O–H groups in total. The fraction of sp³-hybridized carbons (Fsp3) is 0.234. The molecule has 0 aliphatic rings. The van der Waals surface area contributed by atoms with E-state index in [4.69, 9.17) is 25.2 Å². The van der Waals surface area contributed by atoms with Crippen molar-refractivity contribution in [2.75, 3.05) is 7.11 Å². The Morgan fingerprint density at radius 3 is 2.29 bits per heavy atom. The van der Waals surface area contributed by atoms with Gasteiger partial charge in [0.05, 0.1) is 58.7 Å². The lowest BCUT2D eigenvalue weighted by Crippen LogP contribution is -2.11. The van der Waals surface area contributed by atoms with Crippen molar-refractivity contribution in [2.24, 2.45) is 15.7 Å². The Balaban J connectivity index is 1.23. The Morgan fingerprint density at radius 1 is 0.855 bits per heavy atom. The van der Waals surface area contributed by atoms with Gasteiger partial charge in [-0.25, -0.2) is 15.0 Å². The number of hydrogen-bond donors (Lipinski definition) is 1. The van der Waals surface area contributed by atoms with E-state index in [1.54, 1.807) is 43.9 Å². The standard InChI is InChI=1S/C47H48N12O3/c1-8-31-20-34-36-27-53-38(40-19-30(5)55-59(40)10-3)24-39(36)56(45(34)42(21-31)62-28-43-51-14-13-15-52-43)16-11-12-17-57-44-35(22-32(46(48)60)23-41(44)61-7)37(47(57)49-6)26-50-25-33-18-29(4)54-58(33)9-2/h8,11-15,18-24,26-27H,1,6,9-10,16-17,25,28H2,2-5,7H3,(H2,48,60)/b12-11+,50-26-. The van der Waals surface area contributed by atoms with Crippen molar-refractivity contribution in [3.05, 3.63) is 125 Å². The zero-order valence-corrected chi connectivity index (χ0v) is 35.5. The molecule has 6 heterocycles. The molecule has 2 aromatic carbocycles. The van der Waals surface area contributed by atoms with Crippen LogP contribution in [0.5, 0.6) is 11.5 Å². The number of ether oxygens (including phenoxy) is 2. The monoisotopic (exact) mass is 828 g/mol. The normalized spacial score (nSPS) is 11.8. The quantitative estimate of drug-likeness (QED) is 0.0708. The summed E-state index contributed by atoms with van der Waals surface area (Å²) in [5.74, 6) is 1.70. The number of pyridine rings is 1. The zero-order valence-electron chi connectivity index (χ0n) is 35.5. The molecule has 1 amide bonds. The van der Waals surface area contributed by atoms with Crippen LogP contribution in [-0.2, 0) is 39.3 Å².